The average molecular weight is 314 g/mol. The molecular formula is C19H16F2O2. The highest BCUT2D eigenvalue weighted by molar-refractivity contribution is 5.68. The van der Waals surface area contributed by atoms with Gasteiger partial charge in [0.05, 0.1) is 0 Å². The van der Waals surface area contributed by atoms with Crippen molar-refractivity contribution >= 4 is 5.97 Å². The summed E-state index contributed by atoms with van der Waals surface area (Å²) in [6.07, 6.45) is 5.97. The first kappa shape index (κ1) is 16.7. The van der Waals surface area contributed by atoms with Crippen LogP contribution in [0.3, 0.4) is 0 Å². The fourth-order valence-electron chi connectivity index (χ4n) is 2.44. The van der Waals surface area contributed by atoms with Crippen molar-refractivity contribution in [1.82, 2.24) is 0 Å². The normalized spacial score (nSPS) is 13.0. The maximum Gasteiger partial charge on any atom is 0.304 e. The zero-order valence-corrected chi connectivity index (χ0v) is 12.9. The number of rotatable bonds is 4. The number of carbonyl (C=O) groups excluding carboxylic acids is 1. The van der Waals surface area contributed by atoms with Gasteiger partial charge in [0, 0.05) is 30.5 Å². The number of benzene rings is 2. The monoisotopic (exact) mass is 314 g/mol. The summed E-state index contributed by atoms with van der Waals surface area (Å²) in [6.45, 7) is 3.11. The third-order valence-corrected chi connectivity index (χ3v) is 3.64. The second-order valence-corrected chi connectivity index (χ2v) is 5.12. The van der Waals surface area contributed by atoms with Crippen LogP contribution < -0.4 is 0 Å². The minimum Gasteiger partial charge on any atom is -0.442 e. The molecule has 0 amide bonds. The Morgan fingerprint density at radius 3 is 2.35 bits per heavy atom. The van der Waals surface area contributed by atoms with E-state index in [4.69, 9.17) is 11.2 Å². The van der Waals surface area contributed by atoms with Gasteiger partial charge in [0.1, 0.15) is 11.6 Å². The highest BCUT2D eigenvalue weighted by Crippen LogP contribution is 2.31. The molecular weight excluding hydrogens is 298 g/mol. The molecule has 0 spiro atoms. The van der Waals surface area contributed by atoms with Crippen molar-refractivity contribution in [3.63, 3.8) is 0 Å². The van der Waals surface area contributed by atoms with Gasteiger partial charge in [0.2, 0.25) is 0 Å². The smallest absolute Gasteiger partial charge is 0.304 e. The molecule has 0 heterocycles. The van der Waals surface area contributed by atoms with Gasteiger partial charge in [-0.25, -0.2) is 8.78 Å². The van der Waals surface area contributed by atoms with Crippen molar-refractivity contribution < 1.29 is 18.3 Å². The molecule has 0 aliphatic rings. The Morgan fingerprint density at radius 2 is 1.87 bits per heavy atom. The molecule has 0 aromatic heterocycles. The number of carbonyl (C=O) groups is 1. The first-order valence-corrected chi connectivity index (χ1v) is 7.15. The molecule has 1 unspecified atom stereocenters. The van der Waals surface area contributed by atoms with Gasteiger partial charge in [-0.05, 0) is 17.7 Å². The first-order chi connectivity index (χ1) is 10.9. The Balaban J connectivity index is 2.42. The SMILES string of the molecule is C#CC(CC)(OC(C)=O)c1ccc(-c2ccc(F)cc2F)cc1. The van der Waals surface area contributed by atoms with Gasteiger partial charge < -0.3 is 4.74 Å². The molecule has 0 saturated heterocycles. The van der Waals surface area contributed by atoms with E-state index in [1.807, 2.05) is 6.92 Å². The number of terminal acetylenes is 1. The molecule has 2 rings (SSSR count). The van der Waals surface area contributed by atoms with Crippen LogP contribution in [0.15, 0.2) is 42.5 Å². The first-order valence-electron chi connectivity index (χ1n) is 7.15. The molecule has 4 heteroatoms. The largest absolute Gasteiger partial charge is 0.442 e. The van der Waals surface area contributed by atoms with E-state index in [-0.39, 0.29) is 5.56 Å². The number of ether oxygens (including phenoxy) is 1. The van der Waals surface area contributed by atoms with Crippen LogP contribution in [-0.4, -0.2) is 5.97 Å². The van der Waals surface area contributed by atoms with Crippen molar-refractivity contribution in [3.05, 3.63) is 59.7 Å². The van der Waals surface area contributed by atoms with Crippen molar-refractivity contribution in [1.29, 1.82) is 0 Å². The Labute approximate surface area is 134 Å². The van der Waals surface area contributed by atoms with Crippen LogP contribution in [0.5, 0.6) is 0 Å². The zero-order valence-electron chi connectivity index (χ0n) is 12.9. The van der Waals surface area contributed by atoms with Gasteiger partial charge in [-0.2, -0.15) is 0 Å². The lowest BCUT2D eigenvalue weighted by atomic mass is 9.90. The van der Waals surface area contributed by atoms with Gasteiger partial charge in [0.25, 0.3) is 0 Å². The highest BCUT2D eigenvalue weighted by atomic mass is 19.1. The van der Waals surface area contributed by atoms with Crippen molar-refractivity contribution in [2.75, 3.05) is 0 Å². The fraction of sp³-hybridized carbons (Fsp3) is 0.211. The molecule has 0 aliphatic carbocycles. The lowest BCUT2D eigenvalue weighted by molar-refractivity contribution is -0.152. The van der Waals surface area contributed by atoms with Crippen LogP contribution in [0, 0.1) is 24.0 Å². The van der Waals surface area contributed by atoms with Crippen molar-refractivity contribution in [3.8, 4) is 23.5 Å². The topological polar surface area (TPSA) is 26.3 Å². The Bertz CT molecular complexity index is 760. The van der Waals surface area contributed by atoms with Crippen molar-refractivity contribution in [2.45, 2.75) is 25.9 Å². The molecule has 0 aliphatic heterocycles. The summed E-state index contributed by atoms with van der Waals surface area (Å²) in [6, 6.07) is 10.1. The molecule has 0 bridgehead atoms. The molecule has 2 aromatic carbocycles. The van der Waals surface area contributed by atoms with E-state index in [9.17, 15) is 13.6 Å². The molecule has 0 fully saturated rings. The summed E-state index contributed by atoms with van der Waals surface area (Å²) >= 11 is 0. The summed E-state index contributed by atoms with van der Waals surface area (Å²) < 4.78 is 32.1. The second kappa shape index (κ2) is 6.62. The van der Waals surface area contributed by atoms with Crippen molar-refractivity contribution in [2.24, 2.45) is 0 Å². The van der Waals surface area contributed by atoms with E-state index in [1.165, 1.54) is 19.1 Å². The third kappa shape index (κ3) is 3.40. The molecule has 23 heavy (non-hydrogen) atoms. The maximum atomic E-state index is 13.8. The van der Waals surface area contributed by atoms with E-state index in [1.54, 1.807) is 24.3 Å². The van der Waals surface area contributed by atoms with Crippen LogP contribution in [0.25, 0.3) is 11.1 Å². The maximum absolute atomic E-state index is 13.8. The predicted octanol–water partition coefficient (Wildman–Crippen LogP) is 4.43. The molecule has 0 saturated carbocycles. The molecule has 0 radical (unpaired) electrons. The van der Waals surface area contributed by atoms with Gasteiger partial charge in [-0.15, -0.1) is 6.42 Å². The fourth-order valence-corrected chi connectivity index (χ4v) is 2.44. The summed E-state index contributed by atoms with van der Waals surface area (Å²) in [5.41, 5.74) is 0.347. The van der Waals surface area contributed by atoms with E-state index < -0.39 is 23.2 Å². The van der Waals surface area contributed by atoms with Gasteiger partial charge in [0.15, 0.2) is 5.60 Å². The number of hydrogen-bond donors (Lipinski definition) is 0. The number of esters is 1. The lowest BCUT2D eigenvalue weighted by Crippen LogP contribution is -2.29. The number of halogens is 2. The minimum atomic E-state index is -1.15. The quantitative estimate of drug-likeness (QED) is 0.616. The van der Waals surface area contributed by atoms with Crippen LogP contribution in [-0.2, 0) is 15.1 Å². The van der Waals surface area contributed by atoms with Gasteiger partial charge in [-0.1, -0.05) is 37.1 Å². The van der Waals surface area contributed by atoms with Crippen LogP contribution >= 0.6 is 0 Å². The van der Waals surface area contributed by atoms with Gasteiger partial charge >= 0.3 is 5.97 Å². The number of hydrogen-bond acceptors (Lipinski definition) is 2. The summed E-state index contributed by atoms with van der Waals surface area (Å²) in [5, 5.41) is 0. The third-order valence-electron chi connectivity index (χ3n) is 3.64. The van der Waals surface area contributed by atoms with E-state index in [0.29, 0.717) is 17.5 Å². The Morgan fingerprint density at radius 1 is 1.22 bits per heavy atom. The lowest BCUT2D eigenvalue weighted by Gasteiger charge is -2.27. The molecule has 2 aromatic rings. The molecule has 1 atom stereocenters. The van der Waals surface area contributed by atoms with E-state index in [2.05, 4.69) is 5.92 Å². The standard InChI is InChI=1S/C19H16F2O2/c1-4-19(5-2,23-13(3)22)15-8-6-14(7-9-15)17-11-10-16(20)12-18(17)21/h1,6-12H,5H2,2-3H3. The van der Waals surface area contributed by atoms with Gasteiger partial charge in [-0.3, -0.25) is 4.79 Å². The zero-order chi connectivity index (χ0) is 17.0. The predicted molar refractivity (Wildman–Crippen MR) is 84.4 cm³/mol. The van der Waals surface area contributed by atoms with Crippen LogP contribution in [0.1, 0.15) is 25.8 Å². The average Bonchev–Trinajstić information content (AvgIpc) is 2.53. The molecule has 0 N–H and O–H groups in total. The summed E-state index contributed by atoms with van der Waals surface area (Å²) in [4.78, 5) is 11.3. The minimum absolute atomic E-state index is 0.285. The molecule has 118 valence electrons. The van der Waals surface area contributed by atoms with E-state index in [0.717, 1.165) is 6.07 Å². The van der Waals surface area contributed by atoms with Crippen LogP contribution in [0.2, 0.25) is 0 Å². The van der Waals surface area contributed by atoms with Crippen LogP contribution in [0.4, 0.5) is 8.78 Å². The second-order valence-electron chi connectivity index (χ2n) is 5.12. The Kier molecular flexibility index (Phi) is 4.80. The summed E-state index contributed by atoms with van der Waals surface area (Å²) in [7, 11) is 0. The highest BCUT2D eigenvalue weighted by Gasteiger charge is 2.31. The molecule has 2 nitrogen and oxygen atoms in total. The van der Waals surface area contributed by atoms with E-state index >= 15 is 0 Å². The summed E-state index contributed by atoms with van der Waals surface area (Å²) in [5.74, 6) is 0.779. The Hall–Kier alpha value is -2.67.